The Morgan fingerprint density at radius 3 is 2.37 bits per heavy atom. The Hall–Kier alpha value is -2.29. The number of benzene rings is 2. The van der Waals surface area contributed by atoms with Gasteiger partial charge in [0, 0.05) is 5.69 Å². The van der Waals surface area contributed by atoms with Crippen molar-refractivity contribution in [3.05, 3.63) is 60.2 Å². The quantitative estimate of drug-likeness (QED) is 0.886. The number of carbonyl (C=O) groups excluding carboxylic acids is 1. The molecule has 3 heteroatoms. The van der Waals surface area contributed by atoms with Crippen LogP contribution in [0.25, 0.3) is 0 Å². The van der Waals surface area contributed by atoms with Gasteiger partial charge in [-0.25, -0.2) is 4.79 Å². The molecule has 0 aromatic heterocycles. The Balaban J connectivity index is 1.91. The van der Waals surface area contributed by atoms with Crippen LogP contribution in [-0.2, 0) is 6.42 Å². The van der Waals surface area contributed by atoms with E-state index in [-0.39, 0.29) is 0 Å². The summed E-state index contributed by atoms with van der Waals surface area (Å²) in [7, 11) is 0. The predicted octanol–water partition coefficient (Wildman–Crippen LogP) is 4.25. The lowest BCUT2D eigenvalue weighted by Gasteiger charge is -2.07. The summed E-state index contributed by atoms with van der Waals surface area (Å²) < 4.78 is 5.20. The van der Waals surface area contributed by atoms with Crippen molar-refractivity contribution < 1.29 is 9.53 Å². The van der Waals surface area contributed by atoms with Crippen molar-refractivity contribution in [2.24, 2.45) is 0 Å². The molecule has 0 bridgehead atoms. The molecule has 0 aliphatic heterocycles. The molecule has 0 spiro atoms. The van der Waals surface area contributed by atoms with Gasteiger partial charge in [-0.2, -0.15) is 0 Å². The van der Waals surface area contributed by atoms with Crippen LogP contribution < -0.4 is 10.1 Å². The van der Waals surface area contributed by atoms with Crippen molar-refractivity contribution in [1.29, 1.82) is 0 Å². The molecule has 2 rings (SSSR count). The third-order valence-electron chi connectivity index (χ3n) is 2.69. The monoisotopic (exact) mass is 255 g/mol. The number of carbonyl (C=O) groups is 1. The number of hydrogen-bond donors (Lipinski definition) is 1. The number of aryl methyl sites for hydroxylation is 1. The molecule has 3 nitrogen and oxygen atoms in total. The van der Waals surface area contributed by atoms with Crippen LogP contribution in [0.1, 0.15) is 18.9 Å². The van der Waals surface area contributed by atoms with E-state index >= 15 is 0 Å². The van der Waals surface area contributed by atoms with E-state index in [1.54, 1.807) is 0 Å². The Kier molecular flexibility index (Phi) is 4.56. The van der Waals surface area contributed by atoms with Crippen LogP contribution in [0.5, 0.6) is 5.75 Å². The topological polar surface area (TPSA) is 38.3 Å². The summed E-state index contributed by atoms with van der Waals surface area (Å²) in [5.41, 5.74) is 1.97. The van der Waals surface area contributed by atoms with Gasteiger partial charge >= 0.3 is 6.09 Å². The molecule has 0 aliphatic rings. The highest BCUT2D eigenvalue weighted by molar-refractivity contribution is 5.86. The number of amides is 1. The van der Waals surface area contributed by atoms with Gasteiger partial charge in [-0.05, 0) is 36.2 Å². The maximum absolute atomic E-state index is 11.7. The van der Waals surface area contributed by atoms with Crippen molar-refractivity contribution in [2.75, 3.05) is 5.32 Å². The van der Waals surface area contributed by atoms with E-state index in [4.69, 9.17) is 4.74 Å². The average molecular weight is 255 g/mol. The van der Waals surface area contributed by atoms with Gasteiger partial charge < -0.3 is 4.74 Å². The number of anilines is 1. The SMILES string of the molecule is CCCc1ccc(OC(=O)Nc2ccccc2)cc1. The molecule has 19 heavy (non-hydrogen) atoms. The summed E-state index contributed by atoms with van der Waals surface area (Å²) >= 11 is 0. The van der Waals surface area contributed by atoms with Gasteiger partial charge in [0.1, 0.15) is 5.75 Å². The number of hydrogen-bond acceptors (Lipinski definition) is 2. The molecule has 0 radical (unpaired) electrons. The number of nitrogens with one attached hydrogen (secondary N) is 1. The van der Waals surface area contributed by atoms with Crippen molar-refractivity contribution in [3.8, 4) is 5.75 Å². The molecule has 0 fully saturated rings. The zero-order valence-corrected chi connectivity index (χ0v) is 10.9. The number of ether oxygens (including phenoxy) is 1. The Labute approximate surface area is 113 Å². The molecular weight excluding hydrogens is 238 g/mol. The summed E-state index contributed by atoms with van der Waals surface area (Å²) in [5.74, 6) is 0.549. The van der Waals surface area contributed by atoms with Gasteiger partial charge in [0.25, 0.3) is 0 Å². The van der Waals surface area contributed by atoms with Crippen LogP contribution in [0.2, 0.25) is 0 Å². The second kappa shape index (κ2) is 6.59. The van der Waals surface area contributed by atoms with Gasteiger partial charge in [-0.1, -0.05) is 43.7 Å². The van der Waals surface area contributed by atoms with E-state index in [1.807, 2.05) is 54.6 Å². The summed E-state index contributed by atoms with van der Waals surface area (Å²) in [5, 5.41) is 2.67. The maximum Gasteiger partial charge on any atom is 0.417 e. The Morgan fingerprint density at radius 2 is 1.74 bits per heavy atom. The lowest BCUT2D eigenvalue weighted by atomic mass is 10.1. The highest BCUT2D eigenvalue weighted by Gasteiger charge is 2.04. The minimum absolute atomic E-state index is 0.477. The molecule has 0 saturated heterocycles. The average Bonchev–Trinajstić information content (AvgIpc) is 2.42. The molecule has 0 aliphatic carbocycles. The van der Waals surface area contributed by atoms with Crippen LogP contribution in [0, 0.1) is 0 Å². The fraction of sp³-hybridized carbons (Fsp3) is 0.188. The maximum atomic E-state index is 11.7. The van der Waals surface area contributed by atoms with Gasteiger partial charge in [-0.3, -0.25) is 5.32 Å². The molecule has 0 saturated carbocycles. The smallest absolute Gasteiger partial charge is 0.410 e. The van der Waals surface area contributed by atoms with Gasteiger partial charge in [0.2, 0.25) is 0 Å². The van der Waals surface area contributed by atoms with Crippen LogP contribution in [0.4, 0.5) is 10.5 Å². The third kappa shape index (κ3) is 4.14. The second-order valence-corrected chi connectivity index (χ2v) is 4.27. The normalized spacial score (nSPS) is 9.95. The number of rotatable bonds is 4. The highest BCUT2D eigenvalue weighted by Crippen LogP contribution is 2.14. The molecule has 1 amide bonds. The molecule has 1 N–H and O–H groups in total. The van der Waals surface area contributed by atoms with Gasteiger partial charge in [-0.15, -0.1) is 0 Å². The molecular formula is C16H17NO2. The summed E-state index contributed by atoms with van der Waals surface area (Å²) in [6, 6.07) is 16.8. The predicted molar refractivity (Wildman–Crippen MR) is 76.5 cm³/mol. The molecule has 0 atom stereocenters. The molecule has 2 aromatic carbocycles. The first kappa shape index (κ1) is 13.1. The van der Waals surface area contributed by atoms with E-state index < -0.39 is 6.09 Å². The minimum Gasteiger partial charge on any atom is -0.410 e. The van der Waals surface area contributed by atoms with Crippen LogP contribution in [-0.4, -0.2) is 6.09 Å². The van der Waals surface area contributed by atoms with Crippen LogP contribution in [0.15, 0.2) is 54.6 Å². The lowest BCUT2D eigenvalue weighted by molar-refractivity contribution is 0.215. The van der Waals surface area contributed by atoms with E-state index in [0.29, 0.717) is 5.75 Å². The van der Waals surface area contributed by atoms with Crippen LogP contribution >= 0.6 is 0 Å². The lowest BCUT2D eigenvalue weighted by Crippen LogP contribution is -2.16. The summed E-state index contributed by atoms with van der Waals surface area (Å²) in [6.45, 7) is 2.14. The second-order valence-electron chi connectivity index (χ2n) is 4.27. The summed E-state index contributed by atoms with van der Waals surface area (Å²) in [6.07, 6.45) is 1.67. The first-order valence-corrected chi connectivity index (χ1v) is 6.41. The molecule has 0 unspecified atom stereocenters. The Morgan fingerprint density at radius 1 is 1.05 bits per heavy atom. The number of para-hydroxylation sites is 1. The van der Waals surface area contributed by atoms with Gasteiger partial charge in [0.05, 0.1) is 0 Å². The standard InChI is InChI=1S/C16H17NO2/c1-2-6-13-9-11-15(12-10-13)19-16(18)17-14-7-4-3-5-8-14/h3-5,7-12H,2,6H2,1H3,(H,17,18). The van der Waals surface area contributed by atoms with Gasteiger partial charge in [0.15, 0.2) is 0 Å². The van der Waals surface area contributed by atoms with E-state index in [2.05, 4.69) is 12.2 Å². The van der Waals surface area contributed by atoms with Crippen molar-refractivity contribution >= 4 is 11.8 Å². The summed E-state index contributed by atoms with van der Waals surface area (Å²) in [4.78, 5) is 11.7. The third-order valence-corrected chi connectivity index (χ3v) is 2.69. The fourth-order valence-electron chi connectivity index (χ4n) is 1.78. The van der Waals surface area contributed by atoms with E-state index in [0.717, 1.165) is 18.5 Å². The van der Waals surface area contributed by atoms with Crippen molar-refractivity contribution in [2.45, 2.75) is 19.8 Å². The van der Waals surface area contributed by atoms with E-state index in [1.165, 1.54) is 5.56 Å². The zero-order chi connectivity index (χ0) is 13.5. The zero-order valence-electron chi connectivity index (χ0n) is 10.9. The Bertz CT molecular complexity index is 520. The molecule has 0 heterocycles. The van der Waals surface area contributed by atoms with E-state index in [9.17, 15) is 4.79 Å². The van der Waals surface area contributed by atoms with Crippen LogP contribution in [0.3, 0.4) is 0 Å². The fourth-order valence-corrected chi connectivity index (χ4v) is 1.78. The highest BCUT2D eigenvalue weighted by atomic mass is 16.6. The van der Waals surface area contributed by atoms with Crippen molar-refractivity contribution in [1.82, 2.24) is 0 Å². The van der Waals surface area contributed by atoms with Crippen molar-refractivity contribution in [3.63, 3.8) is 0 Å². The molecule has 2 aromatic rings. The largest absolute Gasteiger partial charge is 0.417 e. The minimum atomic E-state index is -0.477. The first-order valence-electron chi connectivity index (χ1n) is 6.41. The first-order chi connectivity index (χ1) is 9.28. The molecule has 98 valence electrons.